The molecule has 2 heterocycles. The third kappa shape index (κ3) is 5.62. The molecule has 3 N–H and O–H groups in total. The standard InChI is InChI=1S/C24H29ClFN5O2/c1-2-9-28-17-4-6-18(7-5-17)33-22-10-16(26)3-8-19(22)24(32)31-13-20(21(27)14-31)23-29-11-15(25)12-30-23/h3,8,10-12,17-18,28H,2,4-7,9,13-14,27H2,1H3. The summed E-state index contributed by atoms with van der Waals surface area (Å²) in [6, 6.07) is 4.55. The first-order valence-corrected chi connectivity index (χ1v) is 11.8. The number of hydrogen-bond acceptors (Lipinski definition) is 6. The summed E-state index contributed by atoms with van der Waals surface area (Å²) in [5.74, 6) is 0.0142. The Balaban J connectivity index is 1.44. The molecule has 1 saturated carbocycles. The van der Waals surface area contributed by atoms with E-state index in [1.54, 1.807) is 4.90 Å². The van der Waals surface area contributed by atoms with E-state index < -0.39 is 5.82 Å². The summed E-state index contributed by atoms with van der Waals surface area (Å²) >= 11 is 5.87. The predicted molar refractivity (Wildman–Crippen MR) is 125 cm³/mol. The highest BCUT2D eigenvalue weighted by molar-refractivity contribution is 6.30. The van der Waals surface area contributed by atoms with Crippen molar-refractivity contribution < 1.29 is 13.9 Å². The van der Waals surface area contributed by atoms with E-state index in [0.717, 1.165) is 38.6 Å². The van der Waals surface area contributed by atoms with Crippen LogP contribution in [0.4, 0.5) is 4.39 Å². The second-order valence-corrected chi connectivity index (χ2v) is 9.01. The Morgan fingerprint density at radius 1 is 1.24 bits per heavy atom. The van der Waals surface area contributed by atoms with Gasteiger partial charge in [-0.2, -0.15) is 0 Å². The van der Waals surface area contributed by atoms with Crippen LogP contribution in [0.2, 0.25) is 5.02 Å². The molecular weight excluding hydrogens is 445 g/mol. The molecular formula is C24H29ClFN5O2. The molecule has 0 bridgehead atoms. The molecule has 1 amide bonds. The fourth-order valence-corrected chi connectivity index (χ4v) is 4.43. The average Bonchev–Trinajstić information content (AvgIpc) is 3.20. The van der Waals surface area contributed by atoms with Crippen molar-refractivity contribution in [1.29, 1.82) is 0 Å². The molecule has 2 aromatic rings. The zero-order chi connectivity index (χ0) is 23.4. The van der Waals surface area contributed by atoms with Crippen molar-refractivity contribution in [2.45, 2.75) is 51.2 Å². The van der Waals surface area contributed by atoms with Crippen LogP contribution >= 0.6 is 11.6 Å². The number of nitrogens with one attached hydrogen (secondary N) is 1. The molecule has 0 atom stereocenters. The minimum absolute atomic E-state index is 0.0437. The van der Waals surface area contributed by atoms with E-state index in [1.165, 1.54) is 30.6 Å². The molecule has 1 aliphatic heterocycles. The van der Waals surface area contributed by atoms with Crippen LogP contribution in [0, 0.1) is 5.82 Å². The monoisotopic (exact) mass is 473 g/mol. The molecule has 9 heteroatoms. The van der Waals surface area contributed by atoms with Gasteiger partial charge in [-0.3, -0.25) is 4.79 Å². The second-order valence-electron chi connectivity index (χ2n) is 8.58. The zero-order valence-electron chi connectivity index (χ0n) is 18.7. The maximum atomic E-state index is 14.1. The van der Waals surface area contributed by atoms with E-state index in [2.05, 4.69) is 22.2 Å². The van der Waals surface area contributed by atoms with Crippen molar-refractivity contribution in [1.82, 2.24) is 20.2 Å². The molecule has 1 aromatic carbocycles. The van der Waals surface area contributed by atoms with Gasteiger partial charge in [-0.25, -0.2) is 14.4 Å². The lowest BCUT2D eigenvalue weighted by Crippen LogP contribution is -2.37. The topological polar surface area (TPSA) is 93.4 Å². The van der Waals surface area contributed by atoms with E-state index in [1.807, 2.05) is 0 Å². The van der Waals surface area contributed by atoms with Crippen molar-refractivity contribution in [3.63, 3.8) is 0 Å². The molecule has 33 heavy (non-hydrogen) atoms. The van der Waals surface area contributed by atoms with Gasteiger partial charge in [-0.15, -0.1) is 0 Å². The van der Waals surface area contributed by atoms with Crippen LogP contribution in [0.3, 0.4) is 0 Å². The normalized spacial score (nSPS) is 20.9. The summed E-state index contributed by atoms with van der Waals surface area (Å²) in [5, 5.41) is 3.97. The molecule has 0 spiro atoms. The Bertz CT molecular complexity index is 1020. The van der Waals surface area contributed by atoms with Crippen LogP contribution in [0.25, 0.3) is 5.57 Å². The number of amides is 1. The lowest BCUT2D eigenvalue weighted by atomic mass is 9.93. The molecule has 0 saturated heterocycles. The largest absolute Gasteiger partial charge is 0.489 e. The van der Waals surface area contributed by atoms with Crippen molar-refractivity contribution in [2.75, 3.05) is 19.6 Å². The Labute approximate surface area is 198 Å². The summed E-state index contributed by atoms with van der Waals surface area (Å²) in [7, 11) is 0. The lowest BCUT2D eigenvalue weighted by molar-refractivity contribution is 0.0785. The minimum Gasteiger partial charge on any atom is -0.489 e. The van der Waals surface area contributed by atoms with Gasteiger partial charge in [0.15, 0.2) is 5.82 Å². The maximum absolute atomic E-state index is 14.1. The molecule has 2 aliphatic rings. The molecule has 4 rings (SSSR count). The number of halogens is 2. The predicted octanol–water partition coefficient (Wildman–Crippen LogP) is 3.78. The zero-order valence-corrected chi connectivity index (χ0v) is 19.4. The van der Waals surface area contributed by atoms with Gasteiger partial charge < -0.3 is 20.7 Å². The first-order valence-electron chi connectivity index (χ1n) is 11.4. The molecule has 1 aliphatic carbocycles. The fraction of sp³-hybridized carbons (Fsp3) is 0.458. The lowest BCUT2D eigenvalue weighted by Gasteiger charge is -2.30. The number of ether oxygens (including phenoxy) is 1. The Kier molecular flexibility index (Phi) is 7.45. The van der Waals surface area contributed by atoms with Gasteiger partial charge in [0.05, 0.1) is 29.8 Å². The van der Waals surface area contributed by atoms with Crippen LogP contribution in [0.1, 0.15) is 55.2 Å². The highest BCUT2D eigenvalue weighted by atomic mass is 35.5. The molecule has 1 aromatic heterocycles. The van der Waals surface area contributed by atoms with Crippen molar-refractivity contribution in [3.8, 4) is 5.75 Å². The Morgan fingerprint density at radius 2 is 1.97 bits per heavy atom. The summed E-state index contributed by atoms with van der Waals surface area (Å²) in [6.45, 7) is 3.66. The van der Waals surface area contributed by atoms with Crippen molar-refractivity contribution in [3.05, 3.63) is 58.5 Å². The summed E-state index contributed by atoms with van der Waals surface area (Å²) in [6.07, 6.45) is 7.77. The van der Waals surface area contributed by atoms with Gasteiger partial charge in [0.2, 0.25) is 0 Å². The van der Waals surface area contributed by atoms with Crippen LogP contribution in [-0.4, -0.2) is 52.6 Å². The van der Waals surface area contributed by atoms with Crippen LogP contribution in [0.5, 0.6) is 5.75 Å². The third-order valence-electron chi connectivity index (χ3n) is 6.10. The molecule has 1 fully saturated rings. The minimum atomic E-state index is -0.436. The number of nitrogens with two attached hydrogens (primary N) is 1. The number of carbonyl (C=O) groups is 1. The van der Waals surface area contributed by atoms with E-state index >= 15 is 0 Å². The number of benzene rings is 1. The highest BCUT2D eigenvalue weighted by Gasteiger charge is 2.30. The van der Waals surface area contributed by atoms with Gasteiger partial charge in [0.1, 0.15) is 11.6 Å². The van der Waals surface area contributed by atoms with E-state index in [9.17, 15) is 9.18 Å². The van der Waals surface area contributed by atoms with Crippen LogP contribution in [0.15, 0.2) is 36.3 Å². The second kappa shape index (κ2) is 10.5. The summed E-state index contributed by atoms with van der Waals surface area (Å²) in [4.78, 5) is 23.3. The van der Waals surface area contributed by atoms with Gasteiger partial charge in [-0.1, -0.05) is 18.5 Å². The van der Waals surface area contributed by atoms with Gasteiger partial charge in [0.25, 0.3) is 5.91 Å². The fourth-order valence-electron chi connectivity index (χ4n) is 4.33. The summed E-state index contributed by atoms with van der Waals surface area (Å²) in [5.41, 5.74) is 7.72. The number of aromatic nitrogens is 2. The number of rotatable bonds is 7. The third-order valence-corrected chi connectivity index (χ3v) is 6.30. The highest BCUT2D eigenvalue weighted by Crippen LogP contribution is 2.30. The summed E-state index contributed by atoms with van der Waals surface area (Å²) < 4.78 is 20.2. The van der Waals surface area contributed by atoms with E-state index in [-0.39, 0.29) is 30.9 Å². The smallest absolute Gasteiger partial charge is 0.258 e. The molecule has 0 unspecified atom stereocenters. The Morgan fingerprint density at radius 3 is 2.67 bits per heavy atom. The van der Waals surface area contributed by atoms with Crippen molar-refractivity contribution >= 4 is 23.1 Å². The average molecular weight is 474 g/mol. The number of hydrogen-bond donors (Lipinski definition) is 2. The first-order chi connectivity index (χ1) is 15.9. The van der Waals surface area contributed by atoms with Crippen LogP contribution < -0.4 is 15.8 Å². The van der Waals surface area contributed by atoms with E-state index in [4.69, 9.17) is 22.1 Å². The Hall–Kier alpha value is -2.71. The quantitative estimate of drug-likeness (QED) is 0.635. The molecule has 176 valence electrons. The first kappa shape index (κ1) is 23.4. The SMILES string of the molecule is CCCNC1CCC(Oc2cc(F)ccc2C(=O)N2CC(N)=C(c3ncc(Cl)cn3)C2)CC1. The van der Waals surface area contributed by atoms with Gasteiger partial charge in [0, 0.05) is 35.8 Å². The van der Waals surface area contributed by atoms with Crippen LogP contribution in [-0.2, 0) is 0 Å². The van der Waals surface area contributed by atoms with Gasteiger partial charge in [-0.05, 0) is 50.8 Å². The number of carbonyl (C=O) groups excluding carboxylic acids is 1. The van der Waals surface area contributed by atoms with Gasteiger partial charge >= 0.3 is 0 Å². The maximum Gasteiger partial charge on any atom is 0.258 e. The molecule has 7 nitrogen and oxygen atoms in total. The number of nitrogens with zero attached hydrogens (tertiary/aromatic N) is 3. The molecule has 0 radical (unpaired) electrons. The van der Waals surface area contributed by atoms with E-state index in [0.29, 0.717) is 33.7 Å². The van der Waals surface area contributed by atoms with Crippen molar-refractivity contribution in [2.24, 2.45) is 5.73 Å².